The third kappa shape index (κ3) is 3.58. The lowest BCUT2D eigenvalue weighted by Crippen LogP contribution is -2.04. The van der Waals surface area contributed by atoms with E-state index in [9.17, 15) is 0 Å². The fraction of sp³-hybridized carbons (Fsp3) is 0.111. The number of nitrogen functional groups attached to an aromatic ring is 1. The van der Waals surface area contributed by atoms with Gasteiger partial charge >= 0.3 is 0 Å². The third-order valence-corrected chi connectivity index (χ3v) is 3.55. The first-order valence-corrected chi connectivity index (χ1v) is 7.42. The zero-order valence-electron chi connectivity index (χ0n) is 13.2. The van der Waals surface area contributed by atoms with E-state index in [1.54, 1.807) is 6.07 Å². The number of rotatable bonds is 4. The summed E-state index contributed by atoms with van der Waals surface area (Å²) in [4.78, 5) is 8.74. The van der Waals surface area contributed by atoms with Crippen molar-refractivity contribution < 1.29 is 0 Å². The maximum atomic E-state index is 5.91. The van der Waals surface area contributed by atoms with Gasteiger partial charge in [-0.15, -0.1) is 0 Å². The van der Waals surface area contributed by atoms with Gasteiger partial charge in [0.25, 0.3) is 0 Å². The summed E-state index contributed by atoms with van der Waals surface area (Å²) in [5, 5.41) is 6.49. The largest absolute Gasteiger partial charge is 0.383 e. The zero-order chi connectivity index (χ0) is 16.2. The van der Waals surface area contributed by atoms with Gasteiger partial charge in [0, 0.05) is 17.4 Å². The van der Waals surface area contributed by atoms with Gasteiger partial charge in [-0.1, -0.05) is 36.4 Å². The Labute approximate surface area is 135 Å². The SMILES string of the molecule is Cc1ccccc1Nc1cc(N)nc(Nc2ccccc2C)n1. The number of nitrogens with two attached hydrogens (primary N) is 1. The lowest BCUT2D eigenvalue weighted by Gasteiger charge is -2.12. The van der Waals surface area contributed by atoms with E-state index >= 15 is 0 Å². The molecule has 3 aromatic rings. The molecule has 0 saturated carbocycles. The second-order valence-corrected chi connectivity index (χ2v) is 5.38. The average Bonchev–Trinajstić information content (AvgIpc) is 2.51. The van der Waals surface area contributed by atoms with Crippen LogP contribution in [0.2, 0.25) is 0 Å². The lowest BCUT2D eigenvalue weighted by molar-refractivity contribution is 1.17. The molecule has 116 valence electrons. The molecule has 5 nitrogen and oxygen atoms in total. The van der Waals surface area contributed by atoms with Crippen LogP contribution in [0.25, 0.3) is 0 Å². The Morgan fingerprint density at radius 1 is 0.783 bits per heavy atom. The first-order valence-electron chi connectivity index (χ1n) is 7.42. The molecule has 0 unspecified atom stereocenters. The van der Waals surface area contributed by atoms with E-state index in [1.807, 2.05) is 62.4 Å². The van der Waals surface area contributed by atoms with Gasteiger partial charge in [0.1, 0.15) is 11.6 Å². The van der Waals surface area contributed by atoms with Gasteiger partial charge < -0.3 is 16.4 Å². The number of hydrogen-bond acceptors (Lipinski definition) is 5. The van der Waals surface area contributed by atoms with Crippen LogP contribution in [0.1, 0.15) is 11.1 Å². The van der Waals surface area contributed by atoms with Crippen LogP contribution in [-0.4, -0.2) is 9.97 Å². The summed E-state index contributed by atoms with van der Waals surface area (Å²) in [6.07, 6.45) is 0. The molecule has 0 radical (unpaired) electrons. The summed E-state index contributed by atoms with van der Waals surface area (Å²) in [5.41, 5.74) is 10.1. The van der Waals surface area contributed by atoms with Crippen LogP contribution in [0, 0.1) is 13.8 Å². The number of benzene rings is 2. The number of nitrogens with zero attached hydrogens (tertiary/aromatic N) is 2. The lowest BCUT2D eigenvalue weighted by atomic mass is 10.2. The molecule has 2 aromatic carbocycles. The summed E-state index contributed by atoms with van der Waals surface area (Å²) in [6.45, 7) is 4.07. The molecule has 0 aliphatic heterocycles. The fourth-order valence-corrected chi connectivity index (χ4v) is 2.27. The molecule has 0 spiro atoms. The molecule has 23 heavy (non-hydrogen) atoms. The molecule has 0 saturated heterocycles. The van der Waals surface area contributed by atoms with Crippen LogP contribution in [0.5, 0.6) is 0 Å². The molecule has 0 amide bonds. The third-order valence-electron chi connectivity index (χ3n) is 3.55. The Bertz CT molecular complexity index is 763. The van der Waals surface area contributed by atoms with Crippen molar-refractivity contribution in [2.45, 2.75) is 13.8 Å². The van der Waals surface area contributed by atoms with Gasteiger partial charge in [0.05, 0.1) is 0 Å². The van der Waals surface area contributed by atoms with Crippen molar-refractivity contribution in [2.75, 3.05) is 16.4 Å². The highest BCUT2D eigenvalue weighted by Crippen LogP contribution is 2.23. The van der Waals surface area contributed by atoms with Gasteiger partial charge in [-0.3, -0.25) is 0 Å². The normalized spacial score (nSPS) is 10.3. The van der Waals surface area contributed by atoms with Crippen molar-refractivity contribution in [3.63, 3.8) is 0 Å². The van der Waals surface area contributed by atoms with Gasteiger partial charge in [-0.2, -0.15) is 9.97 Å². The minimum atomic E-state index is 0.409. The van der Waals surface area contributed by atoms with E-state index in [2.05, 4.69) is 20.6 Å². The number of para-hydroxylation sites is 2. The molecule has 0 atom stereocenters. The van der Waals surface area contributed by atoms with Crippen molar-refractivity contribution in [3.05, 3.63) is 65.7 Å². The van der Waals surface area contributed by atoms with Crippen LogP contribution in [-0.2, 0) is 0 Å². The first-order chi connectivity index (χ1) is 11.1. The minimum Gasteiger partial charge on any atom is -0.383 e. The maximum absolute atomic E-state index is 5.91. The Hall–Kier alpha value is -3.08. The molecule has 0 fully saturated rings. The summed E-state index contributed by atoms with van der Waals surface area (Å²) in [6, 6.07) is 17.7. The summed E-state index contributed by atoms with van der Waals surface area (Å²) in [5.74, 6) is 1.53. The number of aryl methyl sites for hydroxylation is 2. The van der Waals surface area contributed by atoms with Crippen LogP contribution in [0.3, 0.4) is 0 Å². The van der Waals surface area contributed by atoms with Crippen LogP contribution >= 0.6 is 0 Å². The quantitative estimate of drug-likeness (QED) is 0.674. The standard InChI is InChI=1S/C18H19N5/c1-12-7-3-5-9-14(12)20-17-11-16(19)22-18(23-17)21-15-10-6-4-8-13(15)2/h3-11H,1-2H3,(H4,19,20,21,22,23). The van der Waals surface area contributed by atoms with Crippen molar-refractivity contribution in [1.82, 2.24) is 9.97 Å². The van der Waals surface area contributed by atoms with E-state index in [0.29, 0.717) is 17.6 Å². The molecule has 1 aromatic heterocycles. The topological polar surface area (TPSA) is 75.9 Å². The highest BCUT2D eigenvalue weighted by molar-refractivity contribution is 5.65. The molecule has 0 aliphatic carbocycles. The van der Waals surface area contributed by atoms with Crippen LogP contribution in [0.15, 0.2) is 54.6 Å². The number of hydrogen-bond donors (Lipinski definition) is 3. The van der Waals surface area contributed by atoms with Gasteiger partial charge in [-0.05, 0) is 37.1 Å². The predicted octanol–water partition coefficient (Wildman–Crippen LogP) is 4.16. The number of aromatic nitrogens is 2. The van der Waals surface area contributed by atoms with E-state index in [4.69, 9.17) is 5.73 Å². The summed E-state index contributed by atoms with van der Waals surface area (Å²) < 4.78 is 0. The second kappa shape index (κ2) is 6.36. The molecule has 0 aliphatic rings. The monoisotopic (exact) mass is 305 g/mol. The number of anilines is 5. The summed E-state index contributed by atoms with van der Waals surface area (Å²) >= 11 is 0. The van der Waals surface area contributed by atoms with E-state index in [0.717, 1.165) is 22.5 Å². The van der Waals surface area contributed by atoms with E-state index < -0.39 is 0 Å². The molecule has 1 heterocycles. The molecule has 3 rings (SSSR count). The van der Waals surface area contributed by atoms with Crippen molar-refractivity contribution in [3.8, 4) is 0 Å². The van der Waals surface area contributed by atoms with Crippen LogP contribution in [0.4, 0.5) is 29.0 Å². The second-order valence-electron chi connectivity index (χ2n) is 5.38. The fourth-order valence-electron chi connectivity index (χ4n) is 2.27. The molecule has 5 heteroatoms. The maximum Gasteiger partial charge on any atom is 0.231 e. The molecular weight excluding hydrogens is 286 g/mol. The van der Waals surface area contributed by atoms with E-state index in [1.165, 1.54) is 0 Å². The first kappa shape index (κ1) is 14.8. The Morgan fingerprint density at radius 2 is 1.35 bits per heavy atom. The molecule has 0 bridgehead atoms. The Morgan fingerprint density at radius 3 is 1.96 bits per heavy atom. The van der Waals surface area contributed by atoms with Crippen molar-refractivity contribution in [2.24, 2.45) is 0 Å². The Kier molecular flexibility index (Phi) is 4.10. The average molecular weight is 305 g/mol. The highest BCUT2D eigenvalue weighted by atomic mass is 15.2. The number of nitrogens with one attached hydrogen (secondary N) is 2. The highest BCUT2D eigenvalue weighted by Gasteiger charge is 2.06. The zero-order valence-corrected chi connectivity index (χ0v) is 13.2. The van der Waals surface area contributed by atoms with Crippen molar-refractivity contribution >= 4 is 29.0 Å². The van der Waals surface area contributed by atoms with Crippen LogP contribution < -0.4 is 16.4 Å². The minimum absolute atomic E-state index is 0.409. The Balaban J connectivity index is 1.88. The van der Waals surface area contributed by atoms with Gasteiger partial charge in [0.15, 0.2) is 0 Å². The van der Waals surface area contributed by atoms with E-state index in [-0.39, 0.29) is 0 Å². The van der Waals surface area contributed by atoms with Crippen molar-refractivity contribution in [1.29, 1.82) is 0 Å². The molecule has 4 N–H and O–H groups in total. The van der Waals surface area contributed by atoms with Gasteiger partial charge in [0.2, 0.25) is 5.95 Å². The summed E-state index contributed by atoms with van der Waals surface area (Å²) in [7, 11) is 0. The molecular formula is C18H19N5. The van der Waals surface area contributed by atoms with Gasteiger partial charge in [-0.25, -0.2) is 0 Å². The predicted molar refractivity (Wildman–Crippen MR) is 95.4 cm³/mol. The smallest absolute Gasteiger partial charge is 0.231 e.